The molecule has 0 rings (SSSR count). The molecule has 0 saturated carbocycles. The van der Waals surface area contributed by atoms with Gasteiger partial charge in [0.2, 0.25) is 0 Å². The van der Waals surface area contributed by atoms with Crippen LogP contribution in [0.3, 0.4) is 0 Å². The molecule has 102 valence electrons. The third kappa shape index (κ3) is 8.07. The second kappa shape index (κ2) is 8.39. The highest BCUT2D eigenvalue weighted by molar-refractivity contribution is 5.83. The smallest absolute Gasteiger partial charge is 0.324 e. The number of carbonyl (C=O) groups is 1. The van der Waals surface area contributed by atoms with E-state index in [1.807, 2.05) is 13.8 Å². The van der Waals surface area contributed by atoms with E-state index in [1.54, 1.807) is 6.92 Å². The standard InChI is InChI=1S/C12H23F2NO2/c1-4-15-11(16)12(13,14)7-5-6-8-17-9-10(2)3/h10H,4-9H2,1-3H3,(H,15,16). The minimum atomic E-state index is -3.26. The van der Waals surface area contributed by atoms with E-state index < -0.39 is 18.3 Å². The van der Waals surface area contributed by atoms with E-state index in [0.29, 0.717) is 32.0 Å². The predicted molar refractivity (Wildman–Crippen MR) is 63.1 cm³/mol. The van der Waals surface area contributed by atoms with Gasteiger partial charge in [-0.25, -0.2) is 0 Å². The lowest BCUT2D eigenvalue weighted by Gasteiger charge is -2.15. The van der Waals surface area contributed by atoms with Crippen molar-refractivity contribution in [3.8, 4) is 0 Å². The number of hydrogen-bond donors (Lipinski definition) is 1. The van der Waals surface area contributed by atoms with E-state index >= 15 is 0 Å². The number of amides is 1. The van der Waals surface area contributed by atoms with Gasteiger partial charge in [-0.15, -0.1) is 0 Å². The van der Waals surface area contributed by atoms with Gasteiger partial charge < -0.3 is 10.1 Å². The molecule has 1 amide bonds. The van der Waals surface area contributed by atoms with Crippen LogP contribution in [0.4, 0.5) is 8.78 Å². The van der Waals surface area contributed by atoms with Gasteiger partial charge in [-0.2, -0.15) is 8.78 Å². The molecule has 0 aliphatic rings. The number of rotatable bonds is 9. The molecule has 0 bridgehead atoms. The molecule has 0 heterocycles. The van der Waals surface area contributed by atoms with Gasteiger partial charge in [-0.3, -0.25) is 4.79 Å². The van der Waals surface area contributed by atoms with Gasteiger partial charge in [0, 0.05) is 26.2 Å². The molecule has 0 unspecified atom stereocenters. The Morgan fingerprint density at radius 2 is 2.00 bits per heavy atom. The largest absolute Gasteiger partial charge is 0.381 e. The average Bonchev–Trinajstić information content (AvgIpc) is 2.23. The van der Waals surface area contributed by atoms with Crippen LogP contribution in [0, 0.1) is 5.92 Å². The number of carbonyl (C=O) groups excluding carboxylic acids is 1. The number of nitrogens with one attached hydrogen (secondary N) is 1. The molecule has 0 aliphatic carbocycles. The molecule has 0 aromatic rings. The van der Waals surface area contributed by atoms with Crippen molar-refractivity contribution in [2.75, 3.05) is 19.8 Å². The Morgan fingerprint density at radius 3 is 2.53 bits per heavy atom. The summed E-state index contributed by atoms with van der Waals surface area (Å²) in [5.74, 6) is -3.98. The normalized spacial score (nSPS) is 11.9. The van der Waals surface area contributed by atoms with Crippen molar-refractivity contribution < 1.29 is 18.3 Å². The third-order valence-electron chi connectivity index (χ3n) is 2.15. The minimum absolute atomic E-state index is 0.228. The van der Waals surface area contributed by atoms with Crippen molar-refractivity contribution in [2.24, 2.45) is 5.92 Å². The Hall–Kier alpha value is -0.710. The molecule has 17 heavy (non-hydrogen) atoms. The molecule has 0 fully saturated rings. The van der Waals surface area contributed by atoms with Crippen molar-refractivity contribution in [3.05, 3.63) is 0 Å². The summed E-state index contributed by atoms with van der Waals surface area (Å²) >= 11 is 0. The van der Waals surface area contributed by atoms with Crippen LogP contribution in [0.15, 0.2) is 0 Å². The Balaban J connectivity index is 3.62. The maximum absolute atomic E-state index is 13.2. The van der Waals surface area contributed by atoms with Gasteiger partial charge >= 0.3 is 5.92 Å². The van der Waals surface area contributed by atoms with Crippen LogP contribution in [0.1, 0.15) is 40.0 Å². The van der Waals surface area contributed by atoms with Crippen molar-refractivity contribution in [2.45, 2.75) is 46.0 Å². The number of ether oxygens (including phenoxy) is 1. The zero-order chi connectivity index (χ0) is 13.3. The number of alkyl halides is 2. The number of unbranched alkanes of at least 4 members (excludes halogenated alkanes) is 1. The van der Waals surface area contributed by atoms with Gasteiger partial charge in [-0.1, -0.05) is 13.8 Å². The summed E-state index contributed by atoms with van der Waals surface area (Å²) in [6.45, 7) is 7.03. The van der Waals surface area contributed by atoms with Crippen molar-refractivity contribution in [1.82, 2.24) is 5.32 Å². The summed E-state index contributed by atoms with van der Waals surface area (Å²) in [5.41, 5.74) is 0. The van der Waals surface area contributed by atoms with E-state index in [1.165, 1.54) is 0 Å². The highest BCUT2D eigenvalue weighted by atomic mass is 19.3. The molecule has 0 aromatic heterocycles. The maximum atomic E-state index is 13.2. The second-order valence-corrected chi connectivity index (χ2v) is 4.49. The average molecular weight is 251 g/mol. The molecule has 3 nitrogen and oxygen atoms in total. The van der Waals surface area contributed by atoms with Crippen LogP contribution in [-0.4, -0.2) is 31.6 Å². The zero-order valence-electron chi connectivity index (χ0n) is 10.9. The second-order valence-electron chi connectivity index (χ2n) is 4.49. The number of halogens is 2. The van der Waals surface area contributed by atoms with E-state index in [0.717, 1.165) is 0 Å². The summed E-state index contributed by atoms with van der Waals surface area (Å²) in [6.07, 6.45) is 0.438. The lowest BCUT2D eigenvalue weighted by atomic mass is 10.1. The van der Waals surface area contributed by atoms with Gasteiger partial charge in [-0.05, 0) is 25.7 Å². The fourth-order valence-electron chi connectivity index (χ4n) is 1.27. The van der Waals surface area contributed by atoms with Gasteiger partial charge in [0.1, 0.15) is 0 Å². The first-order valence-electron chi connectivity index (χ1n) is 6.14. The third-order valence-corrected chi connectivity index (χ3v) is 2.15. The molecule has 0 aromatic carbocycles. The molecule has 1 N–H and O–H groups in total. The minimum Gasteiger partial charge on any atom is -0.381 e. The number of hydrogen-bond acceptors (Lipinski definition) is 2. The van der Waals surface area contributed by atoms with Crippen LogP contribution in [0.5, 0.6) is 0 Å². The monoisotopic (exact) mass is 251 g/mol. The Kier molecular flexibility index (Phi) is 8.04. The lowest BCUT2D eigenvalue weighted by molar-refractivity contribution is -0.146. The van der Waals surface area contributed by atoms with Crippen molar-refractivity contribution >= 4 is 5.91 Å². The SMILES string of the molecule is CCNC(=O)C(F)(F)CCCCOCC(C)C. The first-order chi connectivity index (χ1) is 7.90. The van der Waals surface area contributed by atoms with Gasteiger partial charge in [0.15, 0.2) is 0 Å². The summed E-state index contributed by atoms with van der Waals surface area (Å²) in [4.78, 5) is 11.0. The molecule has 0 atom stereocenters. The van der Waals surface area contributed by atoms with Crippen LogP contribution in [0.25, 0.3) is 0 Å². The molecule has 0 spiro atoms. The van der Waals surface area contributed by atoms with E-state index in [-0.39, 0.29) is 6.54 Å². The van der Waals surface area contributed by atoms with Gasteiger partial charge in [0.05, 0.1) is 0 Å². The fourth-order valence-corrected chi connectivity index (χ4v) is 1.27. The highest BCUT2D eigenvalue weighted by Gasteiger charge is 2.37. The Labute approximate surface area is 102 Å². The van der Waals surface area contributed by atoms with Crippen LogP contribution >= 0.6 is 0 Å². The summed E-state index contributed by atoms with van der Waals surface area (Å²) in [5, 5.41) is 2.13. The van der Waals surface area contributed by atoms with Crippen molar-refractivity contribution in [3.63, 3.8) is 0 Å². The highest BCUT2D eigenvalue weighted by Crippen LogP contribution is 2.21. The molecule has 0 saturated heterocycles. The van der Waals surface area contributed by atoms with Gasteiger partial charge in [0.25, 0.3) is 5.91 Å². The summed E-state index contributed by atoms with van der Waals surface area (Å²) in [7, 11) is 0. The molecule has 5 heteroatoms. The first kappa shape index (κ1) is 16.3. The summed E-state index contributed by atoms with van der Waals surface area (Å²) < 4.78 is 31.7. The molecule has 0 radical (unpaired) electrons. The van der Waals surface area contributed by atoms with E-state index in [4.69, 9.17) is 4.74 Å². The topological polar surface area (TPSA) is 38.3 Å². The summed E-state index contributed by atoms with van der Waals surface area (Å²) in [6, 6.07) is 0. The van der Waals surface area contributed by atoms with Crippen LogP contribution in [0.2, 0.25) is 0 Å². The Bertz CT molecular complexity index is 221. The van der Waals surface area contributed by atoms with E-state index in [2.05, 4.69) is 5.32 Å². The molecular weight excluding hydrogens is 228 g/mol. The van der Waals surface area contributed by atoms with Crippen molar-refractivity contribution in [1.29, 1.82) is 0 Å². The molecular formula is C12H23F2NO2. The quantitative estimate of drug-likeness (QED) is 0.640. The maximum Gasteiger partial charge on any atom is 0.324 e. The Morgan fingerprint density at radius 1 is 1.35 bits per heavy atom. The fraction of sp³-hybridized carbons (Fsp3) is 0.917. The predicted octanol–water partition coefficient (Wildman–Crippen LogP) is 2.60. The van der Waals surface area contributed by atoms with E-state index in [9.17, 15) is 13.6 Å². The zero-order valence-corrected chi connectivity index (χ0v) is 10.9. The van der Waals surface area contributed by atoms with Crippen LogP contribution < -0.4 is 5.32 Å². The first-order valence-corrected chi connectivity index (χ1v) is 6.14. The lowest BCUT2D eigenvalue weighted by Crippen LogP contribution is -2.39. The van der Waals surface area contributed by atoms with Crippen LogP contribution in [-0.2, 0) is 9.53 Å². The molecule has 0 aliphatic heterocycles.